The zero-order valence-corrected chi connectivity index (χ0v) is 18.3. The smallest absolute Gasteiger partial charge is 0.119 e. The Balaban J connectivity index is 1.35. The fourth-order valence-corrected chi connectivity index (χ4v) is 4.10. The van der Waals surface area contributed by atoms with Crippen LogP contribution in [0.4, 0.5) is 0 Å². The lowest BCUT2D eigenvalue weighted by Gasteiger charge is -2.07. The van der Waals surface area contributed by atoms with Gasteiger partial charge in [0.25, 0.3) is 0 Å². The third-order valence-corrected chi connectivity index (χ3v) is 6.06. The number of pyridine rings is 1. The molecule has 4 heteroatoms. The highest BCUT2D eigenvalue weighted by Crippen LogP contribution is 2.27. The van der Waals surface area contributed by atoms with Gasteiger partial charge in [0.1, 0.15) is 5.75 Å². The molecule has 0 radical (unpaired) electrons. The maximum Gasteiger partial charge on any atom is 0.119 e. The van der Waals surface area contributed by atoms with Crippen molar-refractivity contribution in [2.75, 3.05) is 6.61 Å². The summed E-state index contributed by atoms with van der Waals surface area (Å²) in [5.74, 6) is 1.78. The quantitative estimate of drug-likeness (QED) is 0.322. The predicted molar refractivity (Wildman–Crippen MR) is 128 cm³/mol. The van der Waals surface area contributed by atoms with Crippen molar-refractivity contribution in [3.63, 3.8) is 0 Å². The lowest BCUT2D eigenvalue weighted by atomic mass is 10.0. The number of thioether (sulfide) groups is 1. The molecular weight excluding hydrogens is 402 g/mol. The molecule has 0 atom stereocenters. The van der Waals surface area contributed by atoms with E-state index >= 15 is 0 Å². The molecule has 3 aromatic carbocycles. The van der Waals surface area contributed by atoms with E-state index in [9.17, 15) is 0 Å². The Morgan fingerprint density at radius 1 is 0.710 bits per heavy atom. The molecule has 0 spiro atoms. The van der Waals surface area contributed by atoms with Gasteiger partial charge >= 0.3 is 0 Å². The van der Waals surface area contributed by atoms with E-state index < -0.39 is 0 Å². The molecular formula is C27H25NO2S. The van der Waals surface area contributed by atoms with Crippen LogP contribution >= 0.6 is 11.8 Å². The number of hydrogen-bond donors (Lipinski definition) is 1. The van der Waals surface area contributed by atoms with Crippen molar-refractivity contribution in [3.8, 4) is 28.0 Å². The van der Waals surface area contributed by atoms with E-state index in [2.05, 4.69) is 53.5 Å². The van der Waals surface area contributed by atoms with E-state index in [0.29, 0.717) is 6.61 Å². The van der Waals surface area contributed by atoms with Crippen molar-refractivity contribution in [2.45, 2.75) is 24.3 Å². The first kappa shape index (κ1) is 21.2. The van der Waals surface area contributed by atoms with Crippen molar-refractivity contribution in [1.82, 2.24) is 4.98 Å². The number of aliphatic hydroxyl groups excluding tert-OH is 1. The molecule has 0 saturated heterocycles. The second-order valence-electron chi connectivity index (χ2n) is 7.18. The first-order valence-electron chi connectivity index (χ1n) is 10.4. The van der Waals surface area contributed by atoms with Crippen LogP contribution in [0.5, 0.6) is 5.75 Å². The Labute approximate surface area is 187 Å². The molecule has 0 amide bonds. The molecule has 1 aromatic heterocycles. The fourth-order valence-electron chi connectivity index (χ4n) is 3.30. The van der Waals surface area contributed by atoms with Gasteiger partial charge in [-0.15, -0.1) is 11.8 Å². The summed E-state index contributed by atoms with van der Waals surface area (Å²) in [7, 11) is 0. The van der Waals surface area contributed by atoms with E-state index in [4.69, 9.17) is 9.84 Å². The molecule has 31 heavy (non-hydrogen) atoms. The molecule has 156 valence electrons. The highest BCUT2D eigenvalue weighted by molar-refractivity contribution is 7.98. The topological polar surface area (TPSA) is 42.4 Å². The van der Waals surface area contributed by atoms with Gasteiger partial charge in [-0.25, -0.2) is 4.98 Å². The second kappa shape index (κ2) is 10.3. The summed E-state index contributed by atoms with van der Waals surface area (Å²) in [6.07, 6.45) is 1.91. The van der Waals surface area contributed by atoms with Crippen molar-refractivity contribution in [2.24, 2.45) is 0 Å². The Morgan fingerprint density at radius 3 is 1.81 bits per heavy atom. The second-order valence-corrected chi connectivity index (χ2v) is 8.18. The average Bonchev–Trinajstić information content (AvgIpc) is 2.84. The Morgan fingerprint density at radius 2 is 1.26 bits per heavy atom. The van der Waals surface area contributed by atoms with Crippen LogP contribution in [-0.2, 0) is 12.4 Å². The van der Waals surface area contributed by atoms with Gasteiger partial charge in [0.15, 0.2) is 0 Å². The van der Waals surface area contributed by atoms with Crippen LogP contribution in [0.1, 0.15) is 18.1 Å². The number of hydrogen-bond acceptors (Lipinski definition) is 4. The summed E-state index contributed by atoms with van der Waals surface area (Å²) in [5.41, 5.74) is 6.75. The van der Waals surface area contributed by atoms with E-state index in [1.165, 1.54) is 16.7 Å². The summed E-state index contributed by atoms with van der Waals surface area (Å²) in [6, 6.07) is 29.0. The summed E-state index contributed by atoms with van der Waals surface area (Å²) in [6.45, 7) is 2.74. The minimum Gasteiger partial charge on any atom is -0.494 e. The van der Waals surface area contributed by atoms with Gasteiger partial charge in [0.05, 0.1) is 18.2 Å². The summed E-state index contributed by atoms with van der Waals surface area (Å²) >= 11 is 1.73. The fraction of sp³-hybridized carbons (Fsp3) is 0.148. The maximum atomic E-state index is 9.17. The van der Waals surface area contributed by atoms with Crippen molar-refractivity contribution in [3.05, 3.63) is 102 Å². The third kappa shape index (κ3) is 5.54. The number of ether oxygens (including phenoxy) is 1. The third-order valence-electron chi connectivity index (χ3n) is 5.05. The Hall–Kier alpha value is -3.08. The van der Waals surface area contributed by atoms with Gasteiger partial charge in [-0.3, -0.25) is 0 Å². The molecule has 4 aromatic rings. The molecule has 4 rings (SSSR count). The lowest BCUT2D eigenvalue weighted by Crippen LogP contribution is -1.90. The highest BCUT2D eigenvalue weighted by atomic mass is 32.2. The normalized spacial score (nSPS) is 10.8. The Kier molecular flexibility index (Phi) is 7.03. The molecule has 0 saturated carbocycles. The van der Waals surface area contributed by atoms with E-state index in [0.717, 1.165) is 33.2 Å². The summed E-state index contributed by atoms with van der Waals surface area (Å²) in [4.78, 5) is 4.60. The van der Waals surface area contributed by atoms with Gasteiger partial charge in [-0.2, -0.15) is 0 Å². The van der Waals surface area contributed by atoms with Crippen LogP contribution in [0.2, 0.25) is 0 Å². The van der Waals surface area contributed by atoms with Crippen LogP contribution in [0.25, 0.3) is 22.3 Å². The molecule has 0 aliphatic rings. The SMILES string of the molecule is CCOc1ccc(-c2ccc(CSc3ccc(-c4ccc(CO)cc4)cn3)cc2)cc1. The van der Waals surface area contributed by atoms with Crippen LogP contribution in [0, 0.1) is 0 Å². The highest BCUT2D eigenvalue weighted by Gasteiger charge is 2.03. The number of rotatable bonds is 8. The van der Waals surface area contributed by atoms with Crippen molar-refractivity contribution < 1.29 is 9.84 Å². The maximum absolute atomic E-state index is 9.17. The monoisotopic (exact) mass is 427 g/mol. The standard InChI is InChI=1S/C27H25NO2S/c1-2-30-26-14-11-23(12-15-26)22-9-5-21(6-10-22)19-31-27-16-13-25(17-28-27)24-7-3-20(18-29)4-8-24/h3-17,29H,2,18-19H2,1H3. The zero-order valence-electron chi connectivity index (χ0n) is 17.5. The van der Waals surface area contributed by atoms with Crippen LogP contribution in [-0.4, -0.2) is 16.7 Å². The first-order chi connectivity index (χ1) is 15.2. The first-order valence-corrected chi connectivity index (χ1v) is 11.3. The van der Waals surface area contributed by atoms with Crippen LogP contribution in [0.3, 0.4) is 0 Å². The molecule has 0 unspecified atom stereocenters. The van der Waals surface area contributed by atoms with Gasteiger partial charge in [0.2, 0.25) is 0 Å². The van der Waals surface area contributed by atoms with E-state index in [1.807, 2.05) is 49.5 Å². The van der Waals surface area contributed by atoms with Crippen LogP contribution in [0.15, 0.2) is 96.2 Å². The number of benzene rings is 3. The van der Waals surface area contributed by atoms with Gasteiger partial charge in [-0.1, -0.05) is 66.7 Å². The van der Waals surface area contributed by atoms with E-state index in [-0.39, 0.29) is 6.61 Å². The minimum atomic E-state index is 0.0648. The lowest BCUT2D eigenvalue weighted by molar-refractivity contribution is 0.282. The van der Waals surface area contributed by atoms with Gasteiger partial charge in [0, 0.05) is 17.5 Å². The Bertz CT molecular complexity index is 1090. The van der Waals surface area contributed by atoms with E-state index in [1.54, 1.807) is 11.8 Å². The molecule has 0 bridgehead atoms. The summed E-state index contributed by atoms with van der Waals surface area (Å²) < 4.78 is 5.51. The molecule has 0 aliphatic heterocycles. The largest absolute Gasteiger partial charge is 0.494 e. The van der Waals surface area contributed by atoms with Crippen LogP contribution < -0.4 is 4.74 Å². The summed E-state index contributed by atoms with van der Waals surface area (Å²) in [5, 5.41) is 10.2. The zero-order chi connectivity index (χ0) is 21.5. The number of nitrogens with zero attached hydrogens (tertiary/aromatic N) is 1. The molecule has 1 N–H and O–H groups in total. The van der Waals surface area contributed by atoms with Crippen molar-refractivity contribution in [1.29, 1.82) is 0 Å². The average molecular weight is 428 g/mol. The molecule has 1 heterocycles. The molecule has 0 aliphatic carbocycles. The number of aliphatic hydroxyl groups is 1. The van der Waals surface area contributed by atoms with Gasteiger partial charge < -0.3 is 9.84 Å². The molecule has 3 nitrogen and oxygen atoms in total. The predicted octanol–water partition coefficient (Wildman–Crippen LogP) is 6.60. The number of aromatic nitrogens is 1. The van der Waals surface area contributed by atoms with Gasteiger partial charge in [-0.05, 0) is 52.9 Å². The van der Waals surface area contributed by atoms with Crippen molar-refractivity contribution >= 4 is 11.8 Å². The minimum absolute atomic E-state index is 0.0648. The molecule has 0 fully saturated rings.